The molecule has 2 rings (SSSR count). The molecule has 2 aliphatic rings. The Kier molecular flexibility index (Phi) is 2.51. The highest BCUT2D eigenvalue weighted by Crippen LogP contribution is 2.24. The maximum absolute atomic E-state index is 5.37. The molecule has 0 saturated carbocycles. The van der Waals surface area contributed by atoms with Gasteiger partial charge in [0.25, 0.3) is 0 Å². The van der Waals surface area contributed by atoms with Crippen molar-refractivity contribution in [3.63, 3.8) is 0 Å². The van der Waals surface area contributed by atoms with E-state index < -0.39 is 0 Å². The molecular weight excluding hydrogens is 184 g/mol. The minimum Gasteiger partial charge on any atom is -0.379 e. The molecule has 0 aliphatic carbocycles. The van der Waals surface area contributed by atoms with Crippen LogP contribution in [0.2, 0.25) is 0 Å². The van der Waals surface area contributed by atoms with Gasteiger partial charge in [0.05, 0.1) is 18.7 Å². The Morgan fingerprint density at radius 1 is 1.69 bits per heavy atom. The standard InChI is InChI=1S/C9H16N2OS/c1-7-5-10-8(13-7)11-9(2)3-4-12-6-9/h7H,3-6H2,1-2H3,(H,10,11). The normalized spacial score (nSPS) is 39.2. The molecule has 2 aliphatic heterocycles. The van der Waals surface area contributed by atoms with Crippen molar-refractivity contribution in [2.24, 2.45) is 4.99 Å². The second-order valence-electron chi connectivity index (χ2n) is 4.06. The lowest BCUT2D eigenvalue weighted by molar-refractivity contribution is 0.177. The molecule has 4 heteroatoms. The minimum atomic E-state index is 0.121. The smallest absolute Gasteiger partial charge is 0.157 e. The van der Waals surface area contributed by atoms with Gasteiger partial charge in [-0.1, -0.05) is 18.7 Å². The molecule has 1 fully saturated rings. The van der Waals surface area contributed by atoms with E-state index in [1.165, 1.54) is 0 Å². The highest BCUT2D eigenvalue weighted by atomic mass is 32.2. The molecule has 2 unspecified atom stereocenters. The Balaban J connectivity index is 1.90. The van der Waals surface area contributed by atoms with Crippen LogP contribution in [0.1, 0.15) is 20.3 Å². The van der Waals surface area contributed by atoms with E-state index in [-0.39, 0.29) is 5.54 Å². The molecule has 1 N–H and O–H groups in total. The Morgan fingerprint density at radius 3 is 3.08 bits per heavy atom. The zero-order chi connectivity index (χ0) is 9.31. The van der Waals surface area contributed by atoms with Crippen LogP contribution in [-0.4, -0.2) is 35.7 Å². The third-order valence-corrected chi connectivity index (χ3v) is 3.44. The molecule has 2 atom stereocenters. The van der Waals surface area contributed by atoms with Crippen LogP contribution < -0.4 is 5.32 Å². The van der Waals surface area contributed by atoms with Crippen LogP contribution >= 0.6 is 11.8 Å². The maximum Gasteiger partial charge on any atom is 0.157 e. The molecule has 0 spiro atoms. The summed E-state index contributed by atoms with van der Waals surface area (Å²) in [5.74, 6) is 0. The van der Waals surface area contributed by atoms with Crippen LogP contribution in [0.25, 0.3) is 0 Å². The number of thioether (sulfide) groups is 1. The summed E-state index contributed by atoms with van der Waals surface area (Å²) in [5, 5.41) is 5.20. The van der Waals surface area contributed by atoms with Crippen molar-refractivity contribution in [2.45, 2.75) is 31.1 Å². The summed E-state index contributed by atoms with van der Waals surface area (Å²) in [6.07, 6.45) is 1.08. The van der Waals surface area contributed by atoms with Crippen molar-refractivity contribution in [3.8, 4) is 0 Å². The fourth-order valence-electron chi connectivity index (χ4n) is 1.57. The summed E-state index contributed by atoms with van der Waals surface area (Å²) in [5.41, 5.74) is 0.121. The predicted octanol–water partition coefficient (Wildman–Crippen LogP) is 1.25. The van der Waals surface area contributed by atoms with E-state index in [9.17, 15) is 0 Å². The zero-order valence-electron chi connectivity index (χ0n) is 8.17. The summed E-state index contributed by atoms with van der Waals surface area (Å²) in [7, 11) is 0. The summed E-state index contributed by atoms with van der Waals surface area (Å²) in [4.78, 5) is 4.44. The van der Waals surface area contributed by atoms with Gasteiger partial charge in [-0.15, -0.1) is 0 Å². The van der Waals surface area contributed by atoms with E-state index >= 15 is 0 Å². The SMILES string of the molecule is CC1CN=C(NC2(C)CCOC2)S1. The van der Waals surface area contributed by atoms with Gasteiger partial charge in [-0.3, -0.25) is 4.99 Å². The molecule has 2 heterocycles. The summed E-state index contributed by atoms with van der Waals surface area (Å²) in [6.45, 7) is 7.03. The first-order valence-electron chi connectivity index (χ1n) is 4.75. The van der Waals surface area contributed by atoms with Gasteiger partial charge in [0.15, 0.2) is 5.17 Å². The second-order valence-corrected chi connectivity index (χ2v) is 5.49. The fourth-order valence-corrected chi connectivity index (χ4v) is 2.55. The van der Waals surface area contributed by atoms with Crippen LogP contribution in [0, 0.1) is 0 Å². The van der Waals surface area contributed by atoms with Crippen molar-refractivity contribution in [2.75, 3.05) is 19.8 Å². The number of amidine groups is 1. The number of nitrogens with zero attached hydrogens (tertiary/aromatic N) is 1. The van der Waals surface area contributed by atoms with E-state index in [1.807, 2.05) is 11.8 Å². The highest BCUT2D eigenvalue weighted by Gasteiger charge is 2.31. The molecule has 0 amide bonds. The van der Waals surface area contributed by atoms with Gasteiger partial charge >= 0.3 is 0 Å². The third-order valence-electron chi connectivity index (χ3n) is 2.43. The number of ether oxygens (including phenoxy) is 1. The van der Waals surface area contributed by atoms with Crippen LogP contribution in [-0.2, 0) is 4.74 Å². The average Bonchev–Trinajstić information content (AvgIpc) is 2.62. The molecule has 3 nitrogen and oxygen atoms in total. The molecule has 0 aromatic heterocycles. The lowest BCUT2D eigenvalue weighted by atomic mass is 10.0. The predicted molar refractivity (Wildman–Crippen MR) is 56.3 cm³/mol. The first-order valence-corrected chi connectivity index (χ1v) is 5.63. The molecular formula is C9H16N2OS. The average molecular weight is 200 g/mol. The molecule has 13 heavy (non-hydrogen) atoms. The molecule has 0 bridgehead atoms. The number of rotatable bonds is 1. The quantitative estimate of drug-likeness (QED) is 0.691. The highest BCUT2D eigenvalue weighted by molar-refractivity contribution is 8.14. The zero-order valence-corrected chi connectivity index (χ0v) is 8.99. The van der Waals surface area contributed by atoms with Crippen molar-refractivity contribution < 1.29 is 4.74 Å². The molecule has 74 valence electrons. The van der Waals surface area contributed by atoms with E-state index in [0.29, 0.717) is 5.25 Å². The fraction of sp³-hybridized carbons (Fsp3) is 0.889. The van der Waals surface area contributed by atoms with E-state index in [1.54, 1.807) is 0 Å². The Labute approximate surface area is 83.3 Å². The summed E-state index contributed by atoms with van der Waals surface area (Å²) < 4.78 is 5.37. The van der Waals surface area contributed by atoms with Crippen molar-refractivity contribution in [3.05, 3.63) is 0 Å². The van der Waals surface area contributed by atoms with Gasteiger partial charge in [-0.2, -0.15) is 0 Å². The summed E-state index contributed by atoms with van der Waals surface area (Å²) >= 11 is 1.83. The Morgan fingerprint density at radius 2 is 2.54 bits per heavy atom. The van der Waals surface area contributed by atoms with Gasteiger partial charge in [0.2, 0.25) is 0 Å². The van der Waals surface area contributed by atoms with Crippen molar-refractivity contribution in [1.29, 1.82) is 0 Å². The maximum atomic E-state index is 5.37. The van der Waals surface area contributed by atoms with Gasteiger partial charge in [0, 0.05) is 11.9 Å². The van der Waals surface area contributed by atoms with Crippen molar-refractivity contribution in [1.82, 2.24) is 5.32 Å². The van der Waals surface area contributed by atoms with Crippen LogP contribution in [0.3, 0.4) is 0 Å². The number of aliphatic imine (C=N–C) groups is 1. The van der Waals surface area contributed by atoms with Gasteiger partial charge in [0.1, 0.15) is 0 Å². The van der Waals surface area contributed by atoms with Gasteiger partial charge in [-0.05, 0) is 13.3 Å². The van der Waals surface area contributed by atoms with Crippen molar-refractivity contribution >= 4 is 16.9 Å². The number of hydrogen-bond donors (Lipinski definition) is 1. The van der Waals surface area contributed by atoms with Gasteiger partial charge < -0.3 is 10.1 Å². The third kappa shape index (κ3) is 2.17. The topological polar surface area (TPSA) is 33.6 Å². The van der Waals surface area contributed by atoms with Crippen LogP contribution in [0.4, 0.5) is 0 Å². The monoisotopic (exact) mass is 200 g/mol. The minimum absolute atomic E-state index is 0.121. The van der Waals surface area contributed by atoms with E-state index in [0.717, 1.165) is 31.3 Å². The van der Waals surface area contributed by atoms with Crippen LogP contribution in [0.15, 0.2) is 4.99 Å². The molecule has 1 saturated heterocycles. The van der Waals surface area contributed by atoms with Gasteiger partial charge in [-0.25, -0.2) is 0 Å². The molecule has 0 aromatic carbocycles. The Hall–Kier alpha value is -0.220. The number of nitrogens with one attached hydrogen (secondary N) is 1. The first-order chi connectivity index (χ1) is 6.18. The lowest BCUT2D eigenvalue weighted by Crippen LogP contribution is -2.45. The van der Waals surface area contributed by atoms with E-state index in [2.05, 4.69) is 24.2 Å². The molecule has 0 aromatic rings. The Bertz CT molecular complexity index is 224. The van der Waals surface area contributed by atoms with Crippen LogP contribution in [0.5, 0.6) is 0 Å². The largest absolute Gasteiger partial charge is 0.379 e. The van der Waals surface area contributed by atoms with E-state index in [4.69, 9.17) is 4.74 Å². The summed E-state index contributed by atoms with van der Waals surface area (Å²) in [6, 6.07) is 0. The molecule has 0 radical (unpaired) electrons. The second kappa shape index (κ2) is 3.50. The lowest BCUT2D eigenvalue weighted by Gasteiger charge is -2.24. The first kappa shape index (κ1) is 9.34. The number of hydrogen-bond acceptors (Lipinski definition) is 4.